The van der Waals surface area contributed by atoms with Crippen LogP contribution in [0.2, 0.25) is 0 Å². The Labute approximate surface area is 138 Å². The molecule has 0 radical (unpaired) electrons. The Morgan fingerprint density at radius 1 is 1.14 bits per heavy atom. The highest BCUT2D eigenvalue weighted by molar-refractivity contribution is 5.86. The molecular weight excluding hydrogens is 294 g/mol. The molecule has 0 aliphatic carbocycles. The van der Waals surface area contributed by atoms with Crippen LogP contribution < -0.4 is 5.32 Å². The van der Waals surface area contributed by atoms with Crippen LogP contribution in [0.3, 0.4) is 0 Å². The fourth-order valence-corrected chi connectivity index (χ4v) is 2.27. The molecule has 2 N–H and O–H groups in total. The van der Waals surface area contributed by atoms with Gasteiger partial charge in [-0.1, -0.05) is 60.4 Å². The summed E-state index contributed by atoms with van der Waals surface area (Å²) < 4.78 is 0. The van der Waals surface area contributed by atoms with Crippen LogP contribution in [-0.2, 0) is 0 Å². The number of hydrogen-bond donors (Lipinski definition) is 2. The van der Waals surface area contributed by atoms with Crippen molar-refractivity contribution in [3.05, 3.63) is 60.2 Å². The van der Waals surface area contributed by atoms with Gasteiger partial charge in [0.1, 0.15) is 6.10 Å². The van der Waals surface area contributed by atoms with Gasteiger partial charge in [0.05, 0.1) is 0 Å². The van der Waals surface area contributed by atoms with Crippen LogP contribution in [0, 0.1) is 11.8 Å². The van der Waals surface area contributed by atoms with E-state index in [1.807, 2.05) is 6.08 Å². The number of aliphatic hydroxyl groups excluding tert-OH is 1. The molecule has 0 spiro atoms. The lowest BCUT2D eigenvalue weighted by Crippen LogP contribution is -2.18. The van der Waals surface area contributed by atoms with Crippen molar-refractivity contribution < 1.29 is 5.11 Å². The van der Waals surface area contributed by atoms with Crippen molar-refractivity contribution in [3.63, 3.8) is 0 Å². The summed E-state index contributed by atoms with van der Waals surface area (Å²) in [6, 6.07) is 15.1. The van der Waals surface area contributed by atoms with Crippen LogP contribution in [-0.4, -0.2) is 17.8 Å². The van der Waals surface area contributed by atoms with Crippen molar-refractivity contribution in [3.8, 4) is 11.8 Å². The van der Waals surface area contributed by atoms with E-state index in [-0.39, 0.29) is 18.4 Å². The third-order valence-corrected chi connectivity index (χ3v) is 3.33. The zero-order valence-electron chi connectivity index (χ0n) is 12.9. The Hall–Kier alpha value is -1.79. The smallest absolute Gasteiger partial charge is 0.112 e. The fourth-order valence-electron chi connectivity index (χ4n) is 2.27. The van der Waals surface area contributed by atoms with E-state index in [9.17, 15) is 0 Å². The number of fused-ring (bicyclic) bond motifs is 1. The van der Waals surface area contributed by atoms with Crippen LogP contribution in [0.4, 0.5) is 0 Å². The fraction of sp³-hybridized carbons (Fsp3) is 0.263. The maximum Gasteiger partial charge on any atom is 0.112 e. The van der Waals surface area contributed by atoms with Crippen LogP contribution in [0.25, 0.3) is 10.8 Å². The minimum absolute atomic E-state index is 0. The summed E-state index contributed by atoms with van der Waals surface area (Å²) >= 11 is 0. The van der Waals surface area contributed by atoms with Gasteiger partial charge in [-0.25, -0.2) is 0 Å². The molecule has 1 unspecified atom stereocenters. The second kappa shape index (κ2) is 9.27. The van der Waals surface area contributed by atoms with E-state index in [1.54, 1.807) is 13.0 Å². The molecule has 0 saturated carbocycles. The Kier molecular flexibility index (Phi) is 7.70. The van der Waals surface area contributed by atoms with Crippen LogP contribution in [0.15, 0.2) is 54.6 Å². The van der Waals surface area contributed by atoms with Gasteiger partial charge >= 0.3 is 0 Å². The van der Waals surface area contributed by atoms with Crippen LogP contribution in [0.1, 0.15) is 25.5 Å². The van der Waals surface area contributed by atoms with Gasteiger partial charge in [-0.2, -0.15) is 0 Å². The first-order valence-electron chi connectivity index (χ1n) is 7.23. The molecule has 0 amide bonds. The predicted octanol–water partition coefficient (Wildman–Crippen LogP) is 3.85. The summed E-state index contributed by atoms with van der Waals surface area (Å²) in [7, 11) is 0. The summed E-state index contributed by atoms with van der Waals surface area (Å²) in [6.07, 6.45) is 3.17. The van der Waals surface area contributed by atoms with Crippen molar-refractivity contribution in [2.75, 3.05) is 6.54 Å². The highest BCUT2D eigenvalue weighted by Gasteiger charge is 2.07. The molecule has 2 atom stereocenters. The predicted molar refractivity (Wildman–Crippen MR) is 96.2 cm³/mol. The molecule has 0 fully saturated rings. The maximum atomic E-state index is 9.02. The minimum Gasteiger partial charge on any atom is -0.381 e. The Morgan fingerprint density at radius 2 is 1.86 bits per heavy atom. The quantitative estimate of drug-likeness (QED) is 0.840. The van der Waals surface area contributed by atoms with Gasteiger partial charge in [0.2, 0.25) is 0 Å². The van der Waals surface area contributed by atoms with Crippen molar-refractivity contribution >= 4 is 23.2 Å². The van der Waals surface area contributed by atoms with Gasteiger partial charge < -0.3 is 10.4 Å². The minimum atomic E-state index is -0.572. The topological polar surface area (TPSA) is 32.3 Å². The second-order valence-electron chi connectivity index (χ2n) is 5.07. The third kappa shape index (κ3) is 5.20. The maximum absolute atomic E-state index is 9.02. The molecule has 0 heterocycles. The Balaban J connectivity index is 0.00000242. The molecule has 22 heavy (non-hydrogen) atoms. The molecule has 2 aromatic carbocycles. The molecule has 0 aliphatic heterocycles. The van der Waals surface area contributed by atoms with E-state index in [0.29, 0.717) is 0 Å². The molecule has 116 valence electrons. The summed E-state index contributed by atoms with van der Waals surface area (Å²) in [5.41, 5.74) is 1.30. The van der Waals surface area contributed by atoms with Gasteiger partial charge in [0.15, 0.2) is 0 Å². The van der Waals surface area contributed by atoms with Gasteiger partial charge in [-0.05, 0) is 36.3 Å². The Morgan fingerprint density at radius 3 is 2.64 bits per heavy atom. The number of allylic oxidation sites excluding steroid dienone is 1. The zero-order valence-corrected chi connectivity index (χ0v) is 13.7. The number of halogens is 1. The number of benzene rings is 2. The normalized spacial score (nSPS) is 13.2. The Bertz CT molecular complexity index is 677. The molecule has 2 rings (SSSR count). The van der Waals surface area contributed by atoms with Crippen molar-refractivity contribution in [1.82, 2.24) is 5.32 Å². The average molecular weight is 316 g/mol. The van der Waals surface area contributed by atoms with E-state index in [2.05, 4.69) is 66.5 Å². The van der Waals surface area contributed by atoms with E-state index < -0.39 is 6.10 Å². The molecular formula is C19H22ClNO. The summed E-state index contributed by atoms with van der Waals surface area (Å²) in [5, 5.41) is 15.0. The lowest BCUT2D eigenvalue weighted by atomic mass is 10.00. The summed E-state index contributed by atoms with van der Waals surface area (Å²) in [5.74, 6) is 5.49. The molecule has 0 aliphatic rings. The second-order valence-corrected chi connectivity index (χ2v) is 5.07. The molecule has 2 nitrogen and oxygen atoms in total. The largest absolute Gasteiger partial charge is 0.381 e. The first-order chi connectivity index (χ1) is 10.2. The number of aliphatic hydroxyl groups is 1. The standard InChI is InChI=1S/C19H21NO.ClH/c1-15(21)9-4-3-7-14-20-16(2)18-13-8-11-17-10-5-6-12-19(17)18;/h3,5-8,10-13,15-16,20-21H,14H2,1-2H3;1H/b7-3+;/t15?,16-;/m1./s1. The molecule has 0 saturated heterocycles. The highest BCUT2D eigenvalue weighted by atomic mass is 35.5. The zero-order chi connectivity index (χ0) is 15.1. The average Bonchev–Trinajstić information content (AvgIpc) is 2.49. The molecule has 2 aromatic rings. The van der Waals surface area contributed by atoms with E-state index in [0.717, 1.165) is 6.54 Å². The SMILES string of the molecule is CC(O)C#C/C=C/CN[C@H](C)c1cccc2ccccc12.Cl. The third-order valence-electron chi connectivity index (χ3n) is 3.33. The molecule has 0 aromatic heterocycles. The first-order valence-corrected chi connectivity index (χ1v) is 7.23. The van der Waals surface area contributed by atoms with Crippen molar-refractivity contribution in [1.29, 1.82) is 0 Å². The van der Waals surface area contributed by atoms with E-state index in [4.69, 9.17) is 5.11 Å². The van der Waals surface area contributed by atoms with Gasteiger partial charge in [-0.15, -0.1) is 12.4 Å². The number of nitrogens with one attached hydrogen (secondary N) is 1. The summed E-state index contributed by atoms with van der Waals surface area (Å²) in [4.78, 5) is 0. The van der Waals surface area contributed by atoms with Crippen molar-refractivity contribution in [2.45, 2.75) is 26.0 Å². The molecule has 3 heteroatoms. The first kappa shape index (κ1) is 18.3. The lowest BCUT2D eigenvalue weighted by Gasteiger charge is -2.15. The van der Waals surface area contributed by atoms with Gasteiger partial charge in [0, 0.05) is 12.6 Å². The molecule has 0 bridgehead atoms. The van der Waals surface area contributed by atoms with Gasteiger partial charge in [-0.3, -0.25) is 0 Å². The highest BCUT2D eigenvalue weighted by Crippen LogP contribution is 2.23. The van der Waals surface area contributed by atoms with Crippen LogP contribution >= 0.6 is 12.4 Å². The lowest BCUT2D eigenvalue weighted by molar-refractivity contribution is 0.253. The number of rotatable bonds is 4. The van der Waals surface area contributed by atoms with Crippen molar-refractivity contribution in [2.24, 2.45) is 0 Å². The van der Waals surface area contributed by atoms with Crippen LogP contribution in [0.5, 0.6) is 0 Å². The monoisotopic (exact) mass is 315 g/mol. The van der Waals surface area contributed by atoms with Gasteiger partial charge in [0.25, 0.3) is 0 Å². The van der Waals surface area contributed by atoms with E-state index >= 15 is 0 Å². The summed E-state index contributed by atoms with van der Waals surface area (Å²) in [6.45, 7) is 4.57. The number of hydrogen-bond acceptors (Lipinski definition) is 2. The van der Waals surface area contributed by atoms with E-state index in [1.165, 1.54) is 16.3 Å².